The minimum absolute atomic E-state index is 0.310. The van der Waals surface area contributed by atoms with Crippen LogP contribution in [0.25, 0.3) is 10.9 Å². The van der Waals surface area contributed by atoms with E-state index in [9.17, 15) is 0 Å². The summed E-state index contributed by atoms with van der Waals surface area (Å²) in [5, 5.41) is 5.60. The monoisotopic (exact) mass is 272 g/mol. The van der Waals surface area contributed by atoms with Gasteiger partial charge in [-0.15, -0.1) is 0 Å². The van der Waals surface area contributed by atoms with Crippen molar-refractivity contribution in [2.45, 2.75) is 45.8 Å². The van der Waals surface area contributed by atoms with Crippen LogP contribution in [0.3, 0.4) is 0 Å². The van der Waals surface area contributed by atoms with Gasteiger partial charge in [0.25, 0.3) is 0 Å². The van der Waals surface area contributed by atoms with Crippen molar-refractivity contribution in [2.24, 2.45) is 7.05 Å². The molecule has 5 heteroatoms. The van der Waals surface area contributed by atoms with E-state index in [1.807, 2.05) is 17.9 Å². The van der Waals surface area contributed by atoms with Crippen LogP contribution in [0, 0.1) is 6.92 Å². The lowest BCUT2D eigenvalue weighted by molar-refractivity contribution is 0.00578. The molecule has 0 saturated carbocycles. The number of aryl methyl sites for hydroxylation is 2. The number of aromatic nitrogens is 2. The van der Waals surface area contributed by atoms with Crippen molar-refractivity contribution in [1.82, 2.24) is 9.78 Å². The SMILES string of the molecule is Cc1cc(B2OC(C)(C)C(C)(C)O2)cc2cn(C)nc12. The largest absolute Gasteiger partial charge is 0.494 e. The van der Waals surface area contributed by atoms with E-state index in [4.69, 9.17) is 9.31 Å². The molecule has 1 aliphatic heterocycles. The van der Waals surface area contributed by atoms with E-state index < -0.39 is 0 Å². The van der Waals surface area contributed by atoms with Gasteiger partial charge in [0.15, 0.2) is 0 Å². The normalized spacial score (nSPS) is 20.8. The van der Waals surface area contributed by atoms with E-state index in [1.54, 1.807) is 0 Å². The quantitative estimate of drug-likeness (QED) is 0.746. The Kier molecular flexibility index (Phi) is 2.79. The molecule has 106 valence electrons. The van der Waals surface area contributed by atoms with Crippen molar-refractivity contribution in [3.8, 4) is 0 Å². The first-order chi connectivity index (χ1) is 9.19. The lowest BCUT2D eigenvalue weighted by atomic mass is 9.78. The summed E-state index contributed by atoms with van der Waals surface area (Å²) in [6.45, 7) is 10.4. The van der Waals surface area contributed by atoms with Gasteiger partial charge in [0.1, 0.15) is 0 Å². The molecule has 0 unspecified atom stereocenters. The van der Waals surface area contributed by atoms with E-state index in [-0.39, 0.29) is 18.3 Å². The van der Waals surface area contributed by atoms with Gasteiger partial charge in [-0.2, -0.15) is 5.10 Å². The van der Waals surface area contributed by atoms with Crippen molar-refractivity contribution in [3.63, 3.8) is 0 Å². The van der Waals surface area contributed by atoms with Gasteiger partial charge < -0.3 is 9.31 Å². The fraction of sp³-hybridized carbons (Fsp3) is 0.533. The van der Waals surface area contributed by atoms with Crippen LogP contribution in [0.4, 0.5) is 0 Å². The second-order valence-corrected chi connectivity index (χ2v) is 6.67. The van der Waals surface area contributed by atoms with Gasteiger partial charge in [0, 0.05) is 18.6 Å². The summed E-state index contributed by atoms with van der Waals surface area (Å²) in [5.41, 5.74) is 2.62. The van der Waals surface area contributed by atoms with Gasteiger partial charge in [0.2, 0.25) is 0 Å². The molecule has 0 radical (unpaired) electrons. The first-order valence-electron chi connectivity index (χ1n) is 6.99. The Labute approximate surface area is 120 Å². The van der Waals surface area contributed by atoms with Crippen molar-refractivity contribution in [3.05, 3.63) is 23.9 Å². The first kappa shape index (κ1) is 13.6. The zero-order valence-electron chi connectivity index (χ0n) is 13.0. The Morgan fingerprint density at radius 3 is 2.30 bits per heavy atom. The molecule has 3 rings (SSSR count). The second-order valence-electron chi connectivity index (χ2n) is 6.67. The lowest BCUT2D eigenvalue weighted by Gasteiger charge is -2.32. The molecule has 0 spiro atoms. The van der Waals surface area contributed by atoms with Crippen molar-refractivity contribution >= 4 is 23.5 Å². The molecule has 0 amide bonds. The van der Waals surface area contributed by atoms with E-state index in [1.165, 1.54) is 0 Å². The van der Waals surface area contributed by atoms with Gasteiger partial charge in [-0.1, -0.05) is 12.1 Å². The fourth-order valence-corrected chi connectivity index (χ4v) is 2.57. The van der Waals surface area contributed by atoms with Crippen LogP contribution >= 0.6 is 0 Å². The molecule has 1 aromatic heterocycles. The third kappa shape index (κ3) is 1.96. The molecule has 2 heterocycles. The number of rotatable bonds is 1. The fourth-order valence-electron chi connectivity index (χ4n) is 2.57. The van der Waals surface area contributed by atoms with Crippen molar-refractivity contribution in [2.75, 3.05) is 0 Å². The van der Waals surface area contributed by atoms with Gasteiger partial charge in [-0.3, -0.25) is 4.68 Å². The van der Waals surface area contributed by atoms with Gasteiger partial charge in [0.05, 0.1) is 16.7 Å². The van der Waals surface area contributed by atoms with Crippen LogP contribution in [0.5, 0.6) is 0 Å². The van der Waals surface area contributed by atoms with Crippen LogP contribution in [0.2, 0.25) is 0 Å². The molecule has 1 fully saturated rings. The second kappa shape index (κ2) is 4.09. The highest BCUT2D eigenvalue weighted by Gasteiger charge is 2.51. The van der Waals surface area contributed by atoms with E-state index in [2.05, 4.69) is 51.9 Å². The Hall–Kier alpha value is -1.33. The topological polar surface area (TPSA) is 36.3 Å². The number of fused-ring (bicyclic) bond motifs is 1. The van der Waals surface area contributed by atoms with E-state index in [0.717, 1.165) is 21.9 Å². The zero-order chi connectivity index (χ0) is 14.7. The summed E-state index contributed by atoms with van der Waals surface area (Å²) < 4.78 is 14.1. The third-order valence-corrected chi connectivity index (χ3v) is 4.46. The number of hydrogen-bond donors (Lipinski definition) is 0. The molecular weight excluding hydrogens is 251 g/mol. The predicted molar refractivity (Wildman–Crippen MR) is 81.2 cm³/mol. The molecular formula is C15H21BN2O2. The smallest absolute Gasteiger partial charge is 0.399 e. The molecule has 0 aliphatic carbocycles. The summed E-state index contributed by atoms with van der Waals surface area (Å²) in [6, 6.07) is 4.22. The third-order valence-electron chi connectivity index (χ3n) is 4.46. The zero-order valence-corrected chi connectivity index (χ0v) is 13.0. The Morgan fingerprint density at radius 2 is 1.70 bits per heavy atom. The highest BCUT2D eigenvalue weighted by molar-refractivity contribution is 6.62. The Bertz CT molecular complexity index is 660. The minimum Gasteiger partial charge on any atom is -0.399 e. The maximum Gasteiger partial charge on any atom is 0.494 e. The van der Waals surface area contributed by atoms with Gasteiger partial charge >= 0.3 is 7.12 Å². The van der Waals surface area contributed by atoms with Crippen LogP contribution in [-0.2, 0) is 16.4 Å². The van der Waals surface area contributed by atoms with Crippen LogP contribution in [-0.4, -0.2) is 28.1 Å². The summed E-state index contributed by atoms with van der Waals surface area (Å²) in [7, 11) is 1.62. The molecule has 0 N–H and O–H groups in total. The maximum absolute atomic E-state index is 6.11. The first-order valence-corrected chi connectivity index (χ1v) is 6.99. The molecule has 4 nitrogen and oxygen atoms in total. The number of hydrogen-bond acceptors (Lipinski definition) is 3. The van der Waals surface area contributed by atoms with Crippen LogP contribution < -0.4 is 5.46 Å². The molecule has 1 aliphatic rings. The summed E-state index contributed by atoms with van der Waals surface area (Å²) in [5.74, 6) is 0. The van der Waals surface area contributed by atoms with Crippen LogP contribution in [0.1, 0.15) is 33.3 Å². The summed E-state index contributed by atoms with van der Waals surface area (Å²) >= 11 is 0. The Balaban J connectivity index is 2.04. The van der Waals surface area contributed by atoms with Gasteiger partial charge in [-0.05, 0) is 45.6 Å². The molecule has 2 aromatic rings. The van der Waals surface area contributed by atoms with E-state index in [0.29, 0.717) is 0 Å². The molecule has 20 heavy (non-hydrogen) atoms. The van der Waals surface area contributed by atoms with Crippen LogP contribution in [0.15, 0.2) is 18.3 Å². The Morgan fingerprint density at radius 1 is 1.10 bits per heavy atom. The van der Waals surface area contributed by atoms with Crippen molar-refractivity contribution < 1.29 is 9.31 Å². The van der Waals surface area contributed by atoms with Gasteiger partial charge in [-0.25, -0.2) is 0 Å². The molecule has 0 atom stereocenters. The highest BCUT2D eigenvalue weighted by Crippen LogP contribution is 2.36. The average Bonchev–Trinajstić information content (AvgIpc) is 2.77. The van der Waals surface area contributed by atoms with E-state index >= 15 is 0 Å². The minimum atomic E-state index is -0.316. The molecule has 0 bridgehead atoms. The summed E-state index contributed by atoms with van der Waals surface area (Å²) in [4.78, 5) is 0. The molecule has 1 saturated heterocycles. The maximum atomic E-state index is 6.11. The standard InChI is InChI=1S/C15H21BN2O2/c1-10-7-12(8-11-9-18(6)17-13(10)11)16-19-14(2,3)15(4,5)20-16/h7-9H,1-6H3. The predicted octanol–water partition coefficient (Wildman–Crippen LogP) is 2.18. The lowest BCUT2D eigenvalue weighted by Crippen LogP contribution is -2.41. The summed E-state index contributed by atoms with van der Waals surface area (Å²) in [6.07, 6.45) is 2.02. The molecule has 1 aromatic carbocycles. The highest BCUT2D eigenvalue weighted by atomic mass is 16.7. The average molecular weight is 272 g/mol. The van der Waals surface area contributed by atoms with Crippen molar-refractivity contribution in [1.29, 1.82) is 0 Å². The number of benzene rings is 1. The number of nitrogens with zero attached hydrogens (tertiary/aromatic N) is 2.